The number of rotatable bonds is 1. The largest absolute Gasteiger partial charge is 0.357 e. The second kappa shape index (κ2) is 5.05. The molecule has 0 aromatic carbocycles. The summed E-state index contributed by atoms with van der Waals surface area (Å²) in [4.78, 5) is 24.8. The van der Waals surface area contributed by atoms with Crippen molar-refractivity contribution in [2.45, 2.75) is 26.2 Å². The molecule has 1 aliphatic rings. The molecule has 0 N–H and O–H groups in total. The molecular weight excluding hydrogens is 296 g/mol. The van der Waals surface area contributed by atoms with Gasteiger partial charge in [-0.25, -0.2) is 9.97 Å². The average molecular weight is 314 g/mol. The highest BCUT2D eigenvalue weighted by atomic mass is 32.1. The van der Waals surface area contributed by atoms with E-state index < -0.39 is 0 Å². The van der Waals surface area contributed by atoms with Gasteiger partial charge in [0.2, 0.25) is 0 Å². The summed E-state index contributed by atoms with van der Waals surface area (Å²) < 4.78 is 2.23. The fraction of sp³-hybridized carbons (Fsp3) is 0.438. The summed E-state index contributed by atoms with van der Waals surface area (Å²) in [6.07, 6.45) is 5.36. The van der Waals surface area contributed by atoms with E-state index in [1.807, 2.05) is 0 Å². The number of piperidine rings is 1. The molecular formula is C16H18N4OS. The molecule has 0 saturated carbocycles. The first-order valence-corrected chi connectivity index (χ1v) is 8.47. The van der Waals surface area contributed by atoms with Crippen molar-refractivity contribution < 1.29 is 0 Å². The molecule has 6 heteroatoms. The smallest absolute Gasteiger partial charge is 0.271 e. The Morgan fingerprint density at radius 1 is 1.23 bits per heavy atom. The van der Waals surface area contributed by atoms with Crippen molar-refractivity contribution in [3.63, 3.8) is 0 Å². The van der Waals surface area contributed by atoms with Crippen LogP contribution in [0.5, 0.6) is 0 Å². The molecule has 0 radical (unpaired) electrons. The molecule has 0 spiro atoms. The van der Waals surface area contributed by atoms with Crippen LogP contribution in [-0.2, 0) is 7.05 Å². The standard InChI is InChI=1S/C16H18N4OS/c1-10-8-11(20-6-4-3-5-7-20)18-15-12(10)13-14(22-15)16(21)19(2)9-17-13/h8-9H,3-7H2,1-2H3. The molecule has 0 unspecified atom stereocenters. The van der Waals surface area contributed by atoms with E-state index in [0.29, 0.717) is 4.70 Å². The van der Waals surface area contributed by atoms with Gasteiger partial charge in [-0.2, -0.15) is 0 Å². The zero-order valence-electron chi connectivity index (χ0n) is 12.8. The van der Waals surface area contributed by atoms with E-state index >= 15 is 0 Å². The lowest BCUT2D eigenvalue weighted by Gasteiger charge is -2.28. The van der Waals surface area contributed by atoms with Crippen molar-refractivity contribution in [3.8, 4) is 0 Å². The molecule has 3 aromatic rings. The van der Waals surface area contributed by atoms with Gasteiger partial charge in [-0.05, 0) is 37.8 Å². The van der Waals surface area contributed by atoms with E-state index in [-0.39, 0.29) is 5.56 Å². The second-order valence-electron chi connectivity index (χ2n) is 5.97. The maximum atomic E-state index is 12.3. The summed E-state index contributed by atoms with van der Waals surface area (Å²) in [5.74, 6) is 1.04. The molecule has 3 aromatic heterocycles. The van der Waals surface area contributed by atoms with Crippen LogP contribution in [0, 0.1) is 6.92 Å². The Bertz CT molecular complexity index is 921. The maximum Gasteiger partial charge on any atom is 0.271 e. The lowest BCUT2D eigenvalue weighted by Crippen LogP contribution is -2.30. The zero-order valence-corrected chi connectivity index (χ0v) is 13.6. The van der Waals surface area contributed by atoms with Crippen molar-refractivity contribution in [3.05, 3.63) is 28.3 Å². The van der Waals surface area contributed by atoms with Gasteiger partial charge in [0.25, 0.3) is 5.56 Å². The first-order valence-electron chi connectivity index (χ1n) is 7.65. The van der Waals surface area contributed by atoms with E-state index in [1.54, 1.807) is 13.4 Å². The normalized spacial score (nSPS) is 15.8. The van der Waals surface area contributed by atoms with Crippen LogP contribution in [0.1, 0.15) is 24.8 Å². The molecule has 4 heterocycles. The van der Waals surface area contributed by atoms with Crippen LogP contribution < -0.4 is 10.5 Å². The Morgan fingerprint density at radius 2 is 2.00 bits per heavy atom. The quantitative estimate of drug-likeness (QED) is 0.693. The van der Waals surface area contributed by atoms with E-state index in [0.717, 1.165) is 40.2 Å². The number of pyridine rings is 1. The number of thiophene rings is 1. The molecule has 1 saturated heterocycles. The highest BCUT2D eigenvalue weighted by Gasteiger charge is 2.18. The predicted molar refractivity (Wildman–Crippen MR) is 91.0 cm³/mol. The van der Waals surface area contributed by atoms with Gasteiger partial charge in [-0.3, -0.25) is 4.79 Å². The van der Waals surface area contributed by atoms with Crippen LogP contribution in [0.4, 0.5) is 5.82 Å². The van der Waals surface area contributed by atoms with Gasteiger partial charge in [-0.15, -0.1) is 11.3 Å². The van der Waals surface area contributed by atoms with Gasteiger partial charge in [-0.1, -0.05) is 0 Å². The number of nitrogens with zero attached hydrogens (tertiary/aromatic N) is 4. The third kappa shape index (κ3) is 2.01. The Kier molecular flexibility index (Phi) is 3.14. The number of aromatic nitrogens is 3. The Balaban J connectivity index is 1.96. The van der Waals surface area contributed by atoms with Crippen LogP contribution in [0.25, 0.3) is 20.4 Å². The summed E-state index contributed by atoms with van der Waals surface area (Å²) in [6, 6.07) is 2.14. The van der Waals surface area contributed by atoms with Crippen LogP contribution in [0.15, 0.2) is 17.2 Å². The Hall–Kier alpha value is -1.95. The van der Waals surface area contributed by atoms with Crippen molar-refractivity contribution in [2.75, 3.05) is 18.0 Å². The Morgan fingerprint density at radius 3 is 2.77 bits per heavy atom. The van der Waals surface area contributed by atoms with Gasteiger partial charge in [0.05, 0.1) is 11.8 Å². The minimum atomic E-state index is 0.00641. The molecule has 114 valence electrons. The molecule has 1 fully saturated rings. The number of anilines is 1. The third-order valence-electron chi connectivity index (χ3n) is 4.38. The Labute approximate surface area is 132 Å². The highest BCUT2D eigenvalue weighted by Crippen LogP contribution is 2.34. The van der Waals surface area contributed by atoms with Gasteiger partial charge >= 0.3 is 0 Å². The topological polar surface area (TPSA) is 51.0 Å². The van der Waals surface area contributed by atoms with Crippen molar-refractivity contribution >= 4 is 37.6 Å². The summed E-state index contributed by atoms with van der Waals surface area (Å²) in [5.41, 5.74) is 1.95. The first-order chi connectivity index (χ1) is 10.6. The fourth-order valence-electron chi connectivity index (χ4n) is 3.16. The van der Waals surface area contributed by atoms with Crippen LogP contribution in [0.3, 0.4) is 0 Å². The van der Waals surface area contributed by atoms with E-state index in [2.05, 4.69) is 22.9 Å². The lowest BCUT2D eigenvalue weighted by atomic mass is 10.1. The van der Waals surface area contributed by atoms with E-state index in [9.17, 15) is 4.79 Å². The predicted octanol–water partition coefficient (Wildman–Crippen LogP) is 2.84. The monoisotopic (exact) mass is 314 g/mol. The SMILES string of the molecule is Cc1cc(N2CCCCC2)nc2sc3c(=O)n(C)cnc3c12. The van der Waals surface area contributed by atoms with Crippen LogP contribution >= 0.6 is 11.3 Å². The molecule has 4 rings (SSSR count). The molecule has 0 atom stereocenters. The van der Waals surface area contributed by atoms with Crippen molar-refractivity contribution in [1.82, 2.24) is 14.5 Å². The first kappa shape index (κ1) is 13.7. The van der Waals surface area contributed by atoms with Gasteiger partial charge in [0.15, 0.2) is 0 Å². The van der Waals surface area contributed by atoms with Gasteiger partial charge in [0.1, 0.15) is 15.3 Å². The summed E-state index contributed by atoms with van der Waals surface area (Å²) >= 11 is 1.46. The summed E-state index contributed by atoms with van der Waals surface area (Å²) in [7, 11) is 1.73. The zero-order chi connectivity index (χ0) is 15.3. The second-order valence-corrected chi connectivity index (χ2v) is 6.96. The fourth-order valence-corrected chi connectivity index (χ4v) is 4.33. The molecule has 0 aliphatic carbocycles. The molecule has 0 bridgehead atoms. The van der Waals surface area contributed by atoms with Gasteiger partial charge in [0, 0.05) is 25.5 Å². The lowest BCUT2D eigenvalue weighted by molar-refractivity contribution is 0.574. The number of hydrogen-bond donors (Lipinski definition) is 0. The van der Waals surface area contributed by atoms with Crippen molar-refractivity contribution in [1.29, 1.82) is 0 Å². The van der Waals surface area contributed by atoms with E-state index in [4.69, 9.17) is 4.98 Å². The highest BCUT2D eigenvalue weighted by molar-refractivity contribution is 7.25. The van der Waals surface area contributed by atoms with Crippen LogP contribution in [-0.4, -0.2) is 27.6 Å². The number of aryl methyl sites for hydroxylation is 2. The maximum absolute atomic E-state index is 12.3. The molecule has 1 aliphatic heterocycles. The molecule has 0 amide bonds. The average Bonchev–Trinajstić information content (AvgIpc) is 2.91. The molecule has 22 heavy (non-hydrogen) atoms. The van der Waals surface area contributed by atoms with Crippen LogP contribution in [0.2, 0.25) is 0 Å². The third-order valence-corrected chi connectivity index (χ3v) is 5.44. The molecule has 5 nitrogen and oxygen atoms in total. The minimum absolute atomic E-state index is 0.00641. The minimum Gasteiger partial charge on any atom is -0.357 e. The number of hydrogen-bond acceptors (Lipinski definition) is 5. The van der Waals surface area contributed by atoms with Gasteiger partial charge < -0.3 is 9.47 Å². The van der Waals surface area contributed by atoms with E-state index in [1.165, 1.54) is 35.2 Å². The summed E-state index contributed by atoms with van der Waals surface area (Å²) in [6.45, 7) is 4.23. The van der Waals surface area contributed by atoms with Crippen molar-refractivity contribution in [2.24, 2.45) is 7.05 Å². The summed E-state index contributed by atoms with van der Waals surface area (Å²) in [5, 5.41) is 1.03. The number of fused-ring (bicyclic) bond motifs is 3.